The molecule has 5 heteroatoms. The number of likely N-dealkylation sites (tertiary alicyclic amines) is 1. The Hall–Kier alpha value is -2.04. The van der Waals surface area contributed by atoms with Crippen LogP contribution in [0, 0.1) is 17.8 Å². The molecule has 0 spiro atoms. The molecule has 2 heterocycles. The molecule has 1 aromatic carbocycles. The first-order valence-electron chi connectivity index (χ1n) is 8.76. The van der Waals surface area contributed by atoms with E-state index in [-0.39, 0.29) is 11.9 Å². The Bertz CT molecular complexity index is 669. The minimum atomic E-state index is -0.0387. The second-order valence-electron chi connectivity index (χ2n) is 7.70. The van der Waals surface area contributed by atoms with Gasteiger partial charge in [-0.3, -0.25) is 4.79 Å². The average molecular weight is 329 g/mol. The van der Waals surface area contributed by atoms with Crippen molar-refractivity contribution in [3.63, 3.8) is 0 Å². The van der Waals surface area contributed by atoms with Crippen molar-refractivity contribution >= 4 is 23.3 Å². The molecule has 1 N–H and O–H groups in total. The first kappa shape index (κ1) is 16.8. The van der Waals surface area contributed by atoms with Crippen LogP contribution in [-0.4, -0.2) is 36.5 Å². The standard InChI is InChI=1S/C19H27N3O2/c1-11(2)15-10-22(18(15)12(3)4)19(24)20-14-6-7-16-13(8-14)9-17(23)21(16)5/h6-8,11-12,15,18H,9-10H2,1-5H3,(H,20,24). The second-order valence-corrected chi connectivity index (χ2v) is 7.70. The number of likely N-dealkylation sites (N-methyl/N-ethyl adjacent to an activating group) is 1. The van der Waals surface area contributed by atoms with Crippen LogP contribution in [-0.2, 0) is 11.2 Å². The zero-order chi connectivity index (χ0) is 17.6. The van der Waals surface area contributed by atoms with E-state index >= 15 is 0 Å². The Balaban J connectivity index is 1.70. The van der Waals surface area contributed by atoms with Crippen LogP contribution in [0.1, 0.15) is 33.3 Å². The lowest BCUT2D eigenvalue weighted by atomic mass is 9.75. The van der Waals surface area contributed by atoms with E-state index in [9.17, 15) is 9.59 Å². The number of amides is 3. The fraction of sp³-hybridized carbons (Fsp3) is 0.579. The third-order valence-electron chi connectivity index (χ3n) is 5.41. The number of hydrogen-bond donors (Lipinski definition) is 1. The van der Waals surface area contributed by atoms with E-state index < -0.39 is 0 Å². The molecule has 1 aromatic rings. The van der Waals surface area contributed by atoms with Gasteiger partial charge >= 0.3 is 6.03 Å². The summed E-state index contributed by atoms with van der Waals surface area (Å²) in [6.07, 6.45) is 0.406. The molecule has 1 fully saturated rings. The molecule has 0 saturated carbocycles. The zero-order valence-electron chi connectivity index (χ0n) is 15.2. The molecule has 2 aliphatic heterocycles. The van der Waals surface area contributed by atoms with Gasteiger partial charge in [0.1, 0.15) is 0 Å². The molecule has 2 aliphatic rings. The number of hydrogen-bond acceptors (Lipinski definition) is 2. The number of carbonyl (C=O) groups is 2. The fourth-order valence-electron chi connectivity index (χ4n) is 3.97. The number of urea groups is 1. The minimum Gasteiger partial charge on any atom is -0.321 e. The maximum absolute atomic E-state index is 12.6. The first-order chi connectivity index (χ1) is 11.3. The smallest absolute Gasteiger partial charge is 0.321 e. The van der Waals surface area contributed by atoms with Crippen LogP contribution in [0.3, 0.4) is 0 Å². The summed E-state index contributed by atoms with van der Waals surface area (Å²) in [5.74, 6) is 1.70. The molecule has 0 aliphatic carbocycles. The molecule has 2 atom stereocenters. The van der Waals surface area contributed by atoms with E-state index in [1.807, 2.05) is 23.1 Å². The molecule has 0 radical (unpaired) electrons. The summed E-state index contributed by atoms with van der Waals surface area (Å²) in [7, 11) is 1.78. The highest BCUT2D eigenvalue weighted by atomic mass is 16.2. The van der Waals surface area contributed by atoms with Crippen molar-refractivity contribution in [1.82, 2.24) is 4.90 Å². The number of anilines is 2. The Labute approximate surface area is 144 Å². The second kappa shape index (κ2) is 6.11. The van der Waals surface area contributed by atoms with E-state index in [0.717, 1.165) is 23.5 Å². The van der Waals surface area contributed by atoms with Gasteiger partial charge in [0.2, 0.25) is 5.91 Å². The van der Waals surface area contributed by atoms with E-state index in [2.05, 4.69) is 33.0 Å². The van der Waals surface area contributed by atoms with Gasteiger partial charge in [0.25, 0.3) is 0 Å². The van der Waals surface area contributed by atoms with Crippen molar-refractivity contribution in [3.05, 3.63) is 23.8 Å². The van der Waals surface area contributed by atoms with Crippen molar-refractivity contribution < 1.29 is 9.59 Å². The molecule has 24 heavy (non-hydrogen) atoms. The lowest BCUT2D eigenvalue weighted by Crippen LogP contribution is -2.63. The predicted octanol–water partition coefficient (Wildman–Crippen LogP) is 3.35. The minimum absolute atomic E-state index is 0.0387. The monoisotopic (exact) mass is 329 g/mol. The van der Waals surface area contributed by atoms with Crippen LogP contribution >= 0.6 is 0 Å². The third kappa shape index (κ3) is 2.76. The summed E-state index contributed by atoms with van der Waals surface area (Å²) < 4.78 is 0. The maximum atomic E-state index is 12.6. The van der Waals surface area contributed by atoms with Crippen LogP contribution in [0.5, 0.6) is 0 Å². The molecular formula is C19H27N3O2. The largest absolute Gasteiger partial charge is 0.322 e. The highest BCUT2D eigenvalue weighted by molar-refractivity contribution is 6.02. The summed E-state index contributed by atoms with van der Waals surface area (Å²) >= 11 is 0. The van der Waals surface area contributed by atoms with Crippen molar-refractivity contribution in [1.29, 1.82) is 0 Å². The normalized spacial score (nSPS) is 22.9. The van der Waals surface area contributed by atoms with Crippen LogP contribution in [0.4, 0.5) is 16.2 Å². The Kier molecular flexibility index (Phi) is 4.28. The molecule has 1 saturated heterocycles. The van der Waals surface area contributed by atoms with E-state index in [4.69, 9.17) is 0 Å². The molecule has 0 aromatic heterocycles. The van der Waals surface area contributed by atoms with E-state index in [0.29, 0.717) is 30.2 Å². The third-order valence-corrected chi connectivity index (χ3v) is 5.41. The molecule has 130 valence electrons. The van der Waals surface area contributed by atoms with E-state index in [1.165, 1.54) is 0 Å². The van der Waals surface area contributed by atoms with Crippen LogP contribution in [0.2, 0.25) is 0 Å². The Morgan fingerprint density at radius 1 is 1.21 bits per heavy atom. The molecular weight excluding hydrogens is 302 g/mol. The fourth-order valence-corrected chi connectivity index (χ4v) is 3.97. The molecule has 5 nitrogen and oxygen atoms in total. The van der Waals surface area contributed by atoms with Crippen LogP contribution < -0.4 is 10.2 Å². The van der Waals surface area contributed by atoms with Crippen molar-refractivity contribution in [2.75, 3.05) is 23.8 Å². The van der Waals surface area contributed by atoms with Gasteiger partial charge in [0.15, 0.2) is 0 Å². The summed E-state index contributed by atoms with van der Waals surface area (Å²) in [6.45, 7) is 9.62. The average Bonchev–Trinajstić information content (AvgIpc) is 2.71. The lowest BCUT2D eigenvalue weighted by Gasteiger charge is -2.52. The zero-order valence-corrected chi connectivity index (χ0v) is 15.2. The van der Waals surface area contributed by atoms with Crippen LogP contribution in [0.25, 0.3) is 0 Å². The lowest BCUT2D eigenvalue weighted by molar-refractivity contribution is -0.117. The Morgan fingerprint density at radius 2 is 1.92 bits per heavy atom. The van der Waals surface area contributed by atoms with E-state index in [1.54, 1.807) is 11.9 Å². The van der Waals surface area contributed by atoms with Gasteiger partial charge in [-0.05, 0) is 41.5 Å². The number of nitrogens with zero attached hydrogens (tertiary/aromatic N) is 2. The van der Waals surface area contributed by atoms with Crippen LogP contribution in [0.15, 0.2) is 18.2 Å². The van der Waals surface area contributed by atoms with Crippen molar-refractivity contribution in [2.24, 2.45) is 17.8 Å². The summed E-state index contributed by atoms with van der Waals surface area (Å²) in [5.41, 5.74) is 2.67. The van der Waals surface area contributed by atoms with Gasteiger partial charge in [0, 0.05) is 31.0 Å². The number of rotatable bonds is 3. The van der Waals surface area contributed by atoms with Gasteiger partial charge in [0.05, 0.1) is 6.42 Å². The molecule has 0 bridgehead atoms. The number of nitrogens with one attached hydrogen (secondary N) is 1. The highest BCUT2D eigenvalue weighted by Crippen LogP contribution is 2.36. The number of benzene rings is 1. The maximum Gasteiger partial charge on any atom is 0.322 e. The topological polar surface area (TPSA) is 52.7 Å². The molecule has 3 amide bonds. The molecule has 3 rings (SSSR count). The Morgan fingerprint density at radius 3 is 2.54 bits per heavy atom. The SMILES string of the molecule is CC(C)C1CN(C(=O)Nc2ccc3c(c2)CC(=O)N3C)C1C(C)C. The quantitative estimate of drug-likeness (QED) is 0.924. The highest BCUT2D eigenvalue weighted by Gasteiger charge is 2.44. The van der Waals surface area contributed by atoms with Gasteiger partial charge < -0.3 is 15.1 Å². The summed E-state index contributed by atoms with van der Waals surface area (Å²) in [6, 6.07) is 5.95. The predicted molar refractivity (Wildman–Crippen MR) is 96.2 cm³/mol. The first-order valence-corrected chi connectivity index (χ1v) is 8.76. The van der Waals surface area contributed by atoms with Crippen molar-refractivity contribution in [3.8, 4) is 0 Å². The number of fused-ring (bicyclic) bond motifs is 1. The molecule has 2 unspecified atom stereocenters. The van der Waals surface area contributed by atoms with Crippen molar-refractivity contribution in [2.45, 2.75) is 40.2 Å². The van der Waals surface area contributed by atoms with Gasteiger partial charge in [-0.25, -0.2) is 4.79 Å². The van der Waals surface area contributed by atoms with Gasteiger partial charge in [-0.15, -0.1) is 0 Å². The van der Waals surface area contributed by atoms with Gasteiger partial charge in [-0.2, -0.15) is 0 Å². The summed E-state index contributed by atoms with van der Waals surface area (Å²) in [5, 5.41) is 3.00. The summed E-state index contributed by atoms with van der Waals surface area (Å²) in [4.78, 5) is 28.0. The number of carbonyl (C=O) groups excluding carboxylic acids is 2. The van der Waals surface area contributed by atoms with Gasteiger partial charge in [-0.1, -0.05) is 27.7 Å².